The summed E-state index contributed by atoms with van der Waals surface area (Å²) in [6.45, 7) is 5.15. The maximum absolute atomic E-state index is 12.3. The van der Waals surface area contributed by atoms with Crippen molar-refractivity contribution in [3.63, 3.8) is 0 Å². The number of hydrogen-bond donors (Lipinski definition) is 2. The van der Waals surface area contributed by atoms with Gasteiger partial charge in [-0.05, 0) is 50.7 Å². The van der Waals surface area contributed by atoms with E-state index in [0.29, 0.717) is 6.04 Å². The zero-order valence-electron chi connectivity index (χ0n) is 11.9. The summed E-state index contributed by atoms with van der Waals surface area (Å²) in [6, 6.07) is 8.06. The van der Waals surface area contributed by atoms with Crippen LogP contribution in [-0.4, -0.2) is 18.5 Å². The second-order valence-electron chi connectivity index (χ2n) is 5.51. The van der Waals surface area contributed by atoms with Crippen LogP contribution in [0.15, 0.2) is 24.3 Å². The highest BCUT2D eigenvalue weighted by atomic mass is 16.1. The van der Waals surface area contributed by atoms with E-state index >= 15 is 0 Å². The van der Waals surface area contributed by atoms with Crippen molar-refractivity contribution in [3.8, 4) is 0 Å². The van der Waals surface area contributed by atoms with E-state index in [1.54, 1.807) is 0 Å². The summed E-state index contributed by atoms with van der Waals surface area (Å²) in [5.41, 5.74) is 1.68. The summed E-state index contributed by atoms with van der Waals surface area (Å²) in [4.78, 5) is 12.3. The fourth-order valence-corrected chi connectivity index (χ4v) is 2.69. The molecule has 19 heavy (non-hydrogen) atoms. The van der Waals surface area contributed by atoms with Crippen LogP contribution in [0.4, 0.5) is 5.69 Å². The van der Waals surface area contributed by atoms with E-state index in [0.717, 1.165) is 36.6 Å². The number of para-hydroxylation sites is 1. The van der Waals surface area contributed by atoms with E-state index in [9.17, 15) is 4.79 Å². The average molecular weight is 260 g/mol. The van der Waals surface area contributed by atoms with Gasteiger partial charge in [-0.2, -0.15) is 0 Å². The minimum atomic E-state index is 0.0519. The van der Waals surface area contributed by atoms with Crippen LogP contribution in [-0.2, 0) is 0 Å². The van der Waals surface area contributed by atoms with Crippen molar-refractivity contribution in [1.29, 1.82) is 0 Å². The van der Waals surface area contributed by atoms with E-state index in [-0.39, 0.29) is 5.91 Å². The first-order valence-corrected chi connectivity index (χ1v) is 7.34. The molecule has 1 saturated carbocycles. The molecule has 2 rings (SSSR count). The summed E-state index contributed by atoms with van der Waals surface area (Å²) in [6.07, 6.45) is 4.66. The lowest BCUT2D eigenvalue weighted by Crippen LogP contribution is -2.37. The maximum atomic E-state index is 12.3. The highest BCUT2D eigenvalue weighted by molar-refractivity contribution is 5.99. The number of nitrogens with one attached hydrogen (secondary N) is 2. The molecule has 1 amide bonds. The van der Waals surface area contributed by atoms with Crippen molar-refractivity contribution in [1.82, 2.24) is 5.32 Å². The third-order valence-electron chi connectivity index (χ3n) is 3.89. The van der Waals surface area contributed by atoms with Crippen LogP contribution in [0.2, 0.25) is 0 Å². The van der Waals surface area contributed by atoms with E-state index < -0.39 is 0 Å². The summed E-state index contributed by atoms with van der Waals surface area (Å²) in [5.74, 6) is 0.860. The molecule has 104 valence electrons. The standard InChI is InChI=1S/C16H24N2O/c1-3-17-15-7-5-4-6-14(15)16(19)18-13-10-8-12(2)9-11-13/h4-7,12-13,17H,3,8-11H2,1-2H3,(H,18,19). The van der Waals surface area contributed by atoms with Crippen LogP contribution in [0.3, 0.4) is 0 Å². The lowest BCUT2D eigenvalue weighted by atomic mass is 9.87. The van der Waals surface area contributed by atoms with Gasteiger partial charge in [-0.25, -0.2) is 0 Å². The molecule has 0 spiro atoms. The van der Waals surface area contributed by atoms with E-state index in [4.69, 9.17) is 0 Å². The van der Waals surface area contributed by atoms with Gasteiger partial charge in [-0.3, -0.25) is 4.79 Å². The fourth-order valence-electron chi connectivity index (χ4n) is 2.69. The van der Waals surface area contributed by atoms with Gasteiger partial charge in [0.2, 0.25) is 0 Å². The Morgan fingerprint density at radius 3 is 2.58 bits per heavy atom. The molecular formula is C16H24N2O. The van der Waals surface area contributed by atoms with Crippen LogP contribution in [0.25, 0.3) is 0 Å². The van der Waals surface area contributed by atoms with Gasteiger partial charge >= 0.3 is 0 Å². The Morgan fingerprint density at radius 2 is 1.89 bits per heavy atom. The minimum Gasteiger partial charge on any atom is -0.385 e. The molecule has 1 aliphatic carbocycles. The first kappa shape index (κ1) is 13.9. The summed E-state index contributed by atoms with van der Waals surface area (Å²) in [7, 11) is 0. The smallest absolute Gasteiger partial charge is 0.253 e. The van der Waals surface area contributed by atoms with Gasteiger partial charge in [0, 0.05) is 18.3 Å². The van der Waals surface area contributed by atoms with E-state index in [1.807, 2.05) is 31.2 Å². The van der Waals surface area contributed by atoms with Crippen molar-refractivity contribution in [2.24, 2.45) is 5.92 Å². The van der Waals surface area contributed by atoms with Crippen LogP contribution < -0.4 is 10.6 Å². The summed E-state index contributed by atoms with van der Waals surface area (Å²) in [5, 5.41) is 6.42. The Morgan fingerprint density at radius 1 is 1.21 bits per heavy atom. The first-order valence-electron chi connectivity index (χ1n) is 7.34. The van der Waals surface area contributed by atoms with Crippen molar-refractivity contribution in [3.05, 3.63) is 29.8 Å². The van der Waals surface area contributed by atoms with Gasteiger partial charge in [0.15, 0.2) is 0 Å². The zero-order valence-corrected chi connectivity index (χ0v) is 11.9. The fraction of sp³-hybridized carbons (Fsp3) is 0.562. The molecule has 0 heterocycles. The maximum Gasteiger partial charge on any atom is 0.253 e. The third-order valence-corrected chi connectivity index (χ3v) is 3.89. The summed E-state index contributed by atoms with van der Waals surface area (Å²) >= 11 is 0. The van der Waals surface area contributed by atoms with Crippen LogP contribution in [0.5, 0.6) is 0 Å². The number of anilines is 1. The minimum absolute atomic E-state index is 0.0519. The van der Waals surface area contributed by atoms with Crippen molar-refractivity contribution in [2.75, 3.05) is 11.9 Å². The molecule has 2 N–H and O–H groups in total. The Kier molecular flexibility index (Phi) is 4.83. The SMILES string of the molecule is CCNc1ccccc1C(=O)NC1CCC(C)CC1. The molecule has 1 aromatic rings. The normalized spacial score (nSPS) is 22.8. The molecule has 0 atom stereocenters. The molecule has 1 aliphatic rings. The monoisotopic (exact) mass is 260 g/mol. The number of hydrogen-bond acceptors (Lipinski definition) is 2. The molecule has 0 bridgehead atoms. The largest absolute Gasteiger partial charge is 0.385 e. The Bertz CT molecular complexity index is 423. The van der Waals surface area contributed by atoms with Gasteiger partial charge in [0.25, 0.3) is 5.91 Å². The predicted octanol–water partition coefficient (Wildman–Crippen LogP) is 3.43. The molecule has 0 saturated heterocycles. The van der Waals surface area contributed by atoms with Crippen LogP contribution in [0.1, 0.15) is 49.9 Å². The number of carbonyl (C=O) groups is 1. The quantitative estimate of drug-likeness (QED) is 0.871. The lowest BCUT2D eigenvalue weighted by Gasteiger charge is -2.27. The molecule has 0 aliphatic heterocycles. The lowest BCUT2D eigenvalue weighted by molar-refractivity contribution is 0.0924. The van der Waals surface area contributed by atoms with E-state index in [1.165, 1.54) is 12.8 Å². The van der Waals surface area contributed by atoms with Gasteiger partial charge in [-0.15, -0.1) is 0 Å². The Balaban J connectivity index is 1.99. The number of amides is 1. The molecule has 0 unspecified atom stereocenters. The first-order chi connectivity index (χ1) is 9.20. The molecular weight excluding hydrogens is 236 g/mol. The predicted molar refractivity (Wildman–Crippen MR) is 79.5 cm³/mol. The third kappa shape index (κ3) is 3.72. The van der Waals surface area contributed by atoms with E-state index in [2.05, 4.69) is 17.6 Å². The zero-order chi connectivity index (χ0) is 13.7. The Labute approximate surface area is 115 Å². The van der Waals surface area contributed by atoms with Crippen molar-refractivity contribution >= 4 is 11.6 Å². The van der Waals surface area contributed by atoms with Gasteiger partial charge in [0.1, 0.15) is 0 Å². The summed E-state index contributed by atoms with van der Waals surface area (Å²) < 4.78 is 0. The molecule has 0 aromatic heterocycles. The Hall–Kier alpha value is -1.51. The number of rotatable bonds is 4. The highest BCUT2D eigenvalue weighted by Gasteiger charge is 2.21. The van der Waals surface area contributed by atoms with Gasteiger partial charge in [0.05, 0.1) is 5.56 Å². The van der Waals surface area contributed by atoms with Crippen LogP contribution in [0, 0.1) is 5.92 Å². The van der Waals surface area contributed by atoms with Gasteiger partial charge in [-0.1, -0.05) is 19.1 Å². The topological polar surface area (TPSA) is 41.1 Å². The second kappa shape index (κ2) is 6.60. The average Bonchev–Trinajstić information content (AvgIpc) is 2.42. The molecule has 1 fully saturated rings. The number of benzene rings is 1. The highest BCUT2D eigenvalue weighted by Crippen LogP contribution is 2.24. The van der Waals surface area contributed by atoms with Gasteiger partial charge < -0.3 is 10.6 Å². The van der Waals surface area contributed by atoms with Crippen molar-refractivity contribution < 1.29 is 4.79 Å². The number of carbonyl (C=O) groups excluding carboxylic acids is 1. The molecule has 3 nitrogen and oxygen atoms in total. The van der Waals surface area contributed by atoms with Crippen molar-refractivity contribution in [2.45, 2.75) is 45.6 Å². The van der Waals surface area contributed by atoms with Crippen LogP contribution >= 0.6 is 0 Å². The molecule has 1 aromatic carbocycles. The second-order valence-corrected chi connectivity index (χ2v) is 5.51. The molecule has 3 heteroatoms. The molecule has 0 radical (unpaired) electrons.